The van der Waals surface area contributed by atoms with Crippen LogP contribution in [-0.2, 0) is 17.5 Å². The normalized spacial score (nSPS) is 22.2. The molecule has 0 saturated carbocycles. The molecule has 1 spiro atoms. The number of carbonyl (C=O) groups excluding carboxylic acids is 2. The van der Waals surface area contributed by atoms with E-state index in [-0.39, 0.29) is 17.4 Å². The third-order valence-corrected chi connectivity index (χ3v) is 7.75. The molecule has 2 aromatic carbocycles. The van der Waals surface area contributed by atoms with Crippen molar-refractivity contribution >= 4 is 11.8 Å². The van der Waals surface area contributed by atoms with Gasteiger partial charge in [0.1, 0.15) is 12.4 Å². The zero-order chi connectivity index (χ0) is 27.3. The first-order chi connectivity index (χ1) is 18.1. The van der Waals surface area contributed by atoms with Gasteiger partial charge < -0.3 is 14.5 Å². The molecule has 2 aliphatic rings. The van der Waals surface area contributed by atoms with Gasteiger partial charge in [-0.2, -0.15) is 13.2 Å². The van der Waals surface area contributed by atoms with E-state index in [1.807, 2.05) is 6.07 Å². The van der Waals surface area contributed by atoms with Crippen molar-refractivity contribution in [3.8, 4) is 5.75 Å². The van der Waals surface area contributed by atoms with E-state index in [1.165, 1.54) is 12.1 Å². The molecule has 2 amide bonds. The highest BCUT2D eigenvalue weighted by Crippen LogP contribution is 2.37. The van der Waals surface area contributed by atoms with Crippen molar-refractivity contribution in [1.82, 2.24) is 14.7 Å². The van der Waals surface area contributed by atoms with E-state index < -0.39 is 11.7 Å². The van der Waals surface area contributed by atoms with Crippen LogP contribution in [0.25, 0.3) is 0 Å². The molecule has 0 bridgehead atoms. The van der Waals surface area contributed by atoms with Crippen molar-refractivity contribution in [2.24, 2.45) is 0 Å². The average Bonchev–Trinajstić information content (AvgIpc) is 3.25. The van der Waals surface area contributed by atoms with Gasteiger partial charge in [-0.05, 0) is 62.4 Å². The van der Waals surface area contributed by atoms with Crippen LogP contribution >= 0.6 is 0 Å². The van der Waals surface area contributed by atoms with E-state index in [1.54, 1.807) is 48.0 Å². The van der Waals surface area contributed by atoms with Gasteiger partial charge in [-0.25, -0.2) is 0 Å². The van der Waals surface area contributed by atoms with Crippen LogP contribution in [0.15, 0.2) is 48.5 Å². The summed E-state index contributed by atoms with van der Waals surface area (Å²) in [6.45, 7) is 4.46. The Balaban J connectivity index is 1.63. The molecule has 0 radical (unpaired) electrons. The Morgan fingerprint density at radius 3 is 2.53 bits per heavy atom. The van der Waals surface area contributed by atoms with Gasteiger partial charge in [0.05, 0.1) is 17.7 Å². The van der Waals surface area contributed by atoms with Gasteiger partial charge in [0.25, 0.3) is 5.91 Å². The molecule has 6 nitrogen and oxygen atoms in total. The van der Waals surface area contributed by atoms with Gasteiger partial charge in [0.15, 0.2) is 0 Å². The van der Waals surface area contributed by atoms with E-state index in [2.05, 4.69) is 4.90 Å². The number of hydrogen-bond acceptors (Lipinski definition) is 4. The van der Waals surface area contributed by atoms with Crippen LogP contribution in [0, 0.1) is 0 Å². The maximum Gasteiger partial charge on any atom is 0.416 e. The monoisotopic (exact) mass is 531 g/mol. The Morgan fingerprint density at radius 1 is 1.00 bits per heavy atom. The lowest BCUT2D eigenvalue weighted by Crippen LogP contribution is -2.52. The summed E-state index contributed by atoms with van der Waals surface area (Å²) in [6.07, 6.45) is -0.227. The number of nitrogens with zero attached hydrogens (tertiary/aromatic N) is 3. The predicted octanol–water partition coefficient (Wildman–Crippen LogP) is 5.22. The van der Waals surface area contributed by atoms with Crippen molar-refractivity contribution in [2.75, 3.05) is 39.8 Å². The van der Waals surface area contributed by atoms with Gasteiger partial charge >= 0.3 is 6.18 Å². The van der Waals surface area contributed by atoms with Crippen molar-refractivity contribution in [3.63, 3.8) is 0 Å². The van der Waals surface area contributed by atoms with E-state index in [0.717, 1.165) is 44.7 Å². The lowest BCUT2D eigenvalue weighted by molar-refractivity contribution is -0.137. The van der Waals surface area contributed by atoms with Crippen molar-refractivity contribution in [2.45, 2.75) is 57.3 Å². The first-order valence-corrected chi connectivity index (χ1v) is 13.2. The number of likely N-dealkylation sites (tertiary alicyclic amines) is 1. The molecular weight excluding hydrogens is 495 g/mol. The minimum Gasteiger partial charge on any atom is -0.491 e. The Labute approximate surface area is 222 Å². The highest BCUT2D eigenvalue weighted by molar-refractivity contribution is 5.96. The Hall–Kier alpha value is -3.07. The minimum absolute atomic E-state index is 0.0217. The summed E-state index contributed by atoms with van der Waals surface area (Å²) in [4.78, 5) is 31.5. The third kappa shape index (κ3) is 6.49. The zero-order valence-electron chi connectivity index (χ0n) is 22.1. The molecule has 2 aliphatic heterocycles. The molecule has 2 aromatic rings. The van der Waals surface area contributed by atoms with Crippen LogP contribution in [0.2, 0.25) is 0 Å². The van der Waals surface area contributed by atoms with Gasteiger partial charge in [-0.15, -0.1) is 0 Å². The molecule has 1 atom stereocenters. The number of benzene rings is 2. The molecular formula is C29H36F3N3O3. The highest BCUT2D eigenvalue weighted by atomic mass is 19.4. The number of para-hydroxylation sites is 1. The third-order valence-electron chi connectivity index (χ3n) is 7.75. The summed E-state index contributed by atoms with van der Waals surface area (Å²) in [7, 11) is 1.78. The fourth-order valence-electron chi connectivity index (χ4n) is 5.79. The second-order valence-electron chi connectivity index (χ2n) is 10.4. The van der Waals surface area contributed by atoms with Crippen molar-refractivity contribution in [1.29, 1.82) is 0 Å². The molecule has 0 aliphatic carbocycles. The summed E-state index contributed by atoms with van der Waals surface area (Å²) in [5.74, 6) is 0.295. The van der Waals surface area contributed by atoms with Gasteiger partial charge in [0.2, 0.25) is 5.91 Å². The SMILES string of the molecule is CC(=O)N1CCCC[C@@]2(CCCN2Cc2cccc(C(F)(F)F)c2)CN(C)C(=O)c2ccccc2OCC1. The molecule has 0 aromatic heterocycles. The highest BCUT2D eigenvalue weighted by Gasteiger charge is 2.42. The Kier molecular flexibility index (Phi) is 8.65. The van der Waals surface area contributed by atoms with E-state index in [0.29, 0.717) is 49.7 Å². The summed E-state index contributed by atoms with van der Waals surface area (Å²) in [5.41, 5.74) is 0.0389. The summed E-state index contributed by atoms with van der Waals surface area (Å²) in [5, 5.41) is 0. The molecule has 0 N–H and O–H groups in total. The number of halogens is 3. The number of alkyl halides is 3. The second-order valence-corrected chi connectivity index (χ2v) is 10.4. The maximum absolute atomic E-state index is 13.6. The fraction of sp³-hybridized carbons (Fsp3) is 0.517. The smallest absolute Gasteiger partial charge is 0.416 e. The predicted molar refractivity (Wildman–Crippen MR) is 139 cm³/mol. The summed E-state index contributed by atoms with van der Waals surface area (Å²) >= 11 is 0. The number of fused-ring (bicyclic) bond motifs is 1. The standard InChI is InChI=1S/C29H36F3N3O3/c1-22(36)34-15-6-5-13-28(21-33(2)27(37)25-11-3-4-12-26(25)38-18-17-34)14-8-16-35(28)20-23-9-7-10-24(19-23)29(30,31)32/h3-4,7,9-12,19H,5-6,8,13-18,20-21H2,1-2H3/t28-/m1/s1. The molecule has 1 fully saturated rings. The molecule has 0 unspecified atom stereocenters. The molecule has 206 valence electrons. The number of carbonyl (C=O) groups is 2. The van der Waals surface area contributed by atoms with Gasteiger partial charge in [-0.1, -0.05) is 30.3 Å². The first kappa shape index (κ1) is 28.0. The second kappa shape index (κ2) is 11.8. The largest absolute Gasteiger partial charge is 0.491 e. The number of likely N-dealkylation sites (N-methyl/N-ethyl adjacent to an activating group) is 1. The quantitative estimate of drug-likeness (QED) is 0.533. The fourth-order valence-corrected chi connectivity index (χ4v) is 5.79. The van der Waals surface area contributed by atoms with E-state index >= 15 is 0 Å². The van der Waals surface area contributed by atoms with Gasteiger partial charge in [0, 0.05) is 39.1 Å². The maximum atomic E-state index is 13.6. The zero-order valence-corrected chi connectivity index (χ0v) is 22.1. The molecule has 38 heavy (non-hydrogen) atoms. The first-order valence-electron chi connectivity index (χ1n) is 13.2. The number of rotatable bonds is 2. The van der Waals surface area contributed by atoms with Crippen LogP contribution in [0.5, 0.6) is 5.75 Å². The van der Waals surface area contributed by atoms with Crippen molar-refractivity contribution < 1.29 is 27.5 Å². The molecule has 1 saturated heterocycles. The minimum atomic E-state index is -4.40. The number of ether oxygens (including phenoxy) is 1. The summed E-state index contributed by atoms with van der Waals surface area (Å²) in [6, 6.07) is 12.6. The van der Waals surface area contributed by atoms with E-state index in [4.69, 9.17) is 4.74 Å². The molecule has 9 heteroatoms. The number of hydrogen-bond donors (Lipinski definition) is 0. The Bertz CT molecular complexity index is 1140. The molecule has 4 rings (SSSR count). The van der Waals surface area contributed by atoms with Crippen LogP contribution < -0.4 is 4.74 Å². The van der Waals surface area contributed by atoms with Crippen LogP contribution in [0.3, 0.4) is 0 Å². The average molecular weight is 532 g/mol. The lowest BCUT2D eigenvalue weighted by atomic mass is 9.88. The Morgan fingerprint density at radius 2 is 1.76 bits per heavy atom. The van der Waals surface area contributed by atoms with Crippen LogP contribution in [-0.4, -0.2) is 71.9 Å². The van der Waals surface area contributed by atoms with Crippen LogP contribution in [0.4, 0.5) is 13.2 Å². The summed E-state index contributed by atoms with van der Waals surface area (Å²) < 4.78 is 46.0. The number of amides is 2. The van der Waals surface area contributed by atoms with Gasteiger partial charge in [-0.3, -0.25) is 14.5 Å². The van der Waals surface area contributed by atoms with Crippen LogP contribution in [0.1, 0.15) is 60.5 Å². The topological polar surface area (TPSA) is 53.1 Å². The van der Waals surface area contributed by atoms with Crippen molar-refractivity contribution in [3.05, 3.63) is 65.2 Å². The lowest BCUT2D eigenvalue weighted by Gasteiger charge is -2.42. The molecule has 2 heterocycles. The van der Waals surface area contributed by atoms with E-state index in [9.17, 15) is 22.8 Å².